The van der Waals surface area contributed by atoms with Crippen LogP contribution >= 0.6 is 22.7 Å². The molecular formula is C17H16N4O5S3. The molecule has 3 aromatic rings. The highest BCUT2D eigenvalue weighted by Gasteiger charge is 2.19. The highest BCUT2D eigenvalue weighted by molar-refractivity contribution is 7.89. The van der Waals surface area contributed by atoms with Crippen LogP contribution in [0.5, 0.6) is 0 Å². The number of rotatable bonds is 8. The van der Waals surface area contributed by atoms with Gasteiger partial charge in [0.05, 0.1) is 20.4 Å². The van der Waals surface area contributed by atoms with E-state index in [-0.39, 0.29) is 29.6 Å². The number of nitrogens with zero attached hydrogens (tertiary/aromatic N) is 2. The quantitative estimate of drug-likeness (QED) is 0.307. The largest absolute Gasteiger partial charge is 0.350 e. The molecule has 12 heteroatoms. The Morgan fingerprint density at radius 3 is 2.72 bits per heavy atom. The van der Waals surface area contributed by atoms with E-state index < -0.39 is 14.9 Å². The number of nitro groups is 1. The summed E-state index contributed by atoms with van der Waals surface area (Å²) in [6.07, 6.45) is 0. The predicted octanol–water partition coefficient (Wildman–Crippen LogP) is 2.80. The van der Waals surface area contributed by atoms with E-state index in [9.17, 15) is 23.3 Å². The second-order valence-electron chi connectivity index (χ2n) is 5.82. The number of sulfonamides is 1. The predicted molar refractivity (Wildman–Crippen MR) is 111 cm³/mol. The highest BCUT2D eigenvalue weighted by Crippen LogP contribution is 2.30. The summed E-state index contributed by atoms with van der Waals surface area (Å²) in [6.45, 7) is 1.73. The van der Waals surface area contributed by atoms with Crippen molar-refractivity contribution >= 4 is 44.3 Å². The van der Waals surface area contributed by atoms with Gasteiger partial charge in [0.2, 0.25) is 10.0 Å². The van der Waals surface area contributed by atoms with Crippen molar-refractivity contribution in [3.05, 3.63) is 62.5 Å². The number of hydrogen-bond donors (Lipinski definition) is 2. The van der Waals surface area contributed by atoms with Crippen molar-refractivity contribution < 1.29 is 18.1 Å². The molecule has 0 aliphatic carbocycles. The van der Waals surface area contributed by atoms with Crippen LogP contribution in [0.4, 0.5) is 5.69 Å². The summed E-state index contributed by atoms with van der Waals surface area (Å²) < 4.78 is 26.8. The minimum Gasteiger partial charge on any atom is -0.350 e. The van der Waals surface area contributed by atoms with E-state index in [1.165, 1.54) is 40.9 Å². The summed E-state index contributed by atoms with van der Waals surface area (Å²) in [5, 5.41) is 16.1. The Bertz CT molecular complexity index is 1140. The van der Waals surface area contributed by atoms with E-state index >= 15 is 0 Å². The summed E-state index contributed by atoms with van der Waals surface area (Å²) >= 11 is 2.81. The first-order chi connectivity index (χ1) is 13.8. The van der Waals surface area contributed by atoms with Crippen LogP contribution in [0, 0.1) is 17.0 Å². The van der Waals surface area contributed by atoms with Gasteiger partial charge in [-0.2, -0.15) is 0 Å². The standard InChI is InChI=1S/C17H16N4O5S3/c1-11-15(28-17(20-11)14-6-3-9-27-14)16(22)18-7-8-19-29(25,26)13-5-2-4-12(10-13)21(23)24/h2-6,9-10,19H,7-8H2,1H3,(H,18,22). The molecule has 0 saturated carbocycles. The fourth-order valence-corrected chi connectivity index (χ4v) is 5.25. The van der Waals surface area contributed by atoms with Crippen molar-refractivity contribution in [3.8, 4) is 9.88 Å². The van der Waals surface area contributed by atoms with Crippen molar-refractivity contribution in [2.45, 2.75) is 11.8 Å². The summed E-state index contributed by atoms with van der Waals surface area (Å²) in [4.78, 5) is 28.1. The second-order valence-corrected chi connectivity index (χ2v) is 9.53. The number of carbonyl (C=O) groups is 1. The van der Waals surface area contributed by atoms with Crippen LogP contribution in [-0.4, -0.2) is 37.3 Å². The lowest BCUT2D eigenvalue weighted by Crippen LogP contribution is -2.34. The Kier molecular flexibility index (Phi) is 6.37. The third-order valence-corrected chi connectivity index (χ3v) is 7.43. The molecule has 152 valence electrons. The van der Waals surface area contributed by atoms with Crippen LogP contribution in [0.1, 0.15) is 15.4 Å². The van der Waals surface area contributed by atoms with Gasteiger partial charge in [0.1, 0.15) is 9.88 Å². The maximum absolute atomic E-state index is 12.4. The van der Waals surface area contributed by atoms with E-state index in [1.807, 2.05) is 17.5 Å². The topological polar surface area (TPSA) is 131 Å². The van der Waals surface area contributed by atoms with Crippen LogP contribution in [-0.2, 0) is 10.0 Å². The average Bonchev–Trinajstić information content (AvgIpc) is 3.35. The average molecular weight is 453 g/mol. The van der Waals surface area contributed by atoms with Gasteiger partial charge >= 0.3 is 0 Å². The third kappa shape index (κ3) is 5.03. The first kappa shape index (κ1) is 21.0. The van der Waals surface area contributed by atoms with Gasteiger partial charge in [-0.3, -0.25) is 14.9 Å². The number of thiazole rings is 1. The lowest BCUT2D eigenvalue weighted by molar-refractivity contribution is -0.385. The minimum absolute atomic E-state index is 0.0542. The molecule has 9 nitrogen and oxygen atoms in total. The molecule has 2 N–H and O–H groups in total. The van der Waals surface area contributed by atoms with Gasteiger partial charge in [-0.25, -0.2) is 18.1 Å². The van der Waals surface area contributed by atoms with Gasteiger partial charge in [-0.15, -0.1) is 22.7 Å². The molecule has 1 amide bonds. The molecule has 0 radical (unpaired) electrons. The Morgan fingerprint density at radius 1 is 1.24 bits per heavy atom. The smallest absolute Gasteiger partial charge is 0.270 e. The van der Waals surface area contributed by atoms with Crippen molar-refractivity contribution in [2.75, 3.05) is 13.1 Å². The van der Waals surface area contributed by atoms with Crippen molar-refractivity contribution in [1.82, 2.24) is 15.0 Å². The maximum Gasteiger partial charge on any atom is 0.270 e. The maximum atomic E-state index is 12.4. The molecule has 29 heavy (non-hydrogen) atoms. The molecule has 0 bridgehead atoms. The first-order valence-electron chi connectivity index (χ1n) is 8.31. The van der Waals surface area contributed by atoms with Crippen LogP contribution < -0.4 is 10.0 Å². The van der Waals surface area contributed by atoms with Gasteiger partial charge in [-0.05, 0) is 24.4 Å². The molecule has 3 rings (SSSR count). The van der Waals surface area contributed by atoms with Gasteiger partial charge in [0.15, 0.2) is 0 Å². The molecule has 0 aliphatic heterocycles. The number of benzene rings is 1. The fourth-order valence-electron chi connectivity index (χ4n) is 2.40. The monoisotopic (exact) mass is 452 g/mol. The molecule has 1 aromatic carbocycles. The Hall–Kier alpha value is -2.67. The molecule has 0 aliphatic rings. The molecular weight excluding hydrogens is 436 g/mol. The van der Waals surface area contributed by atoms with E-state index in [4.69, 9.17) is 0 Å². The number of non-ortho nitro benzene ring substituents is 1. The molecule has 0 atom stereocenters. The number of nitro benzene ring substituents is 1. The van der Waals surface area contributed by atoms with Gasteiger partial charge in [0, 0.05) is 25.2 Å². The SMILES string of the molecule is Cc1nc(-c2cccs2)sc1C(=O)NCCNS(=O)(=O)c1cccc([N+](=O)[O-])c1. The Labute approximate surface area is 174 Å². The fraction of sp³-hybridized carbons (Fsp3) is 0.176. The van der Waals surface area contributed by atoms with Gasteiger partial charge < -0.3 is 5.32 Å². The summed E-state index contributed by atoms with van der Waals surface area (Å²) in [5.41, 5.74) is 0.288. The van der Waals surface area contributed by atoms with Crippen LogP contribution in [0.3, 0.4) is 0 Å². The van der Waals surface area contributed by atoms with Crippen molar-refractivity contribution in [3.63, 3.8) is 0 Å². The number of hydrogen-bond acceptors (Lipinski definition) is 8. The Morgan fingerprint density at radius 2 is 2.03 bits per heavy atom. The van der Waals surface area contributed by atoms with Gasteiger partial charge in [0.25, 0.3) is 11.6 Å². The van der Waals surface area contributed by atoms with Crippen LogP contribution in [0.15, 0.2) is 46.7 Å². The number of nitrogens with one attached hydrogen (secondary N) is 2. The molecule has 0 fully saturated rings. The summed E-state index contributed by atoms with van der Waals surface area (Å²) in [6, 6.07) is 8.58. The van der Waals surface area contributed by atoms with Crippen LogP contribution in [0.25, 0.3) is 9.88 Å². The van der Waals surface area contributed by atoms with E-state index in [1.54, 1.807) is 6.92 Å². The second kappa shape index (κ2) is 8.78. The zero-order valence-corrected chi connectivity index (χ0v) is 17.6. The molecule has 2 aromatic heterocycles. The van der Waals surface area contributed by atoms with Gasteiger partial charge in [-0.1, -0.05) is 12.1 Å². The summed E-state index contributed by atoms with van der Waals surface area (Å²) in [5.74, 6) is -0.336. The number of amides is 1. The van der Waals surface area contributed by atoms with Crippen molar-refractivity contribution in [1.29, 1.82) is 0 Å². The summed E-state index contributed by atoms with van der Waals surface area (Å²) in [7, 11) is -3.93. The zero-order valence-electron chi connectivity index (χ0n) is 15.1. The number of aryl methyl sites for hydroxylation is 1. The molecule has 0 spiro atoms. The molecule has 2 heterocycles. The normalized spacial score (nSPS) is 11.3. The van der Waals surface area contributed by atoms with E-state index in [2.05, 4.69) is 15.0 Å². The lowest BCUT2D eigenvalue weighted by atomic mass is 10.3. The molecule has 0 saturated heterocycles. The Balaban J connectivity index is 1.57. The number of carbonyl (C=O) groups excluding carboxylic acids is 1. The zero-order chi connectivity index (χ0) is 21.0. The van der Waals surface area contributed by atoms with E-state index in [0.717, 1.165) is 16.0 Å². The number of thiophene rings is 1. The van der Waals surface area contributed by atoms with E-state index in [0.29, 0.717) is 10.6 Å². The highest BCUT2D eigenvalue weighted by atomic mass is 32.2. The molecule has 0 unspecified atom stereocenters. The third-order valence-electron chi connectivity index (χ3n) is 3.78. The lowest BCUT2D eigenvalue weighted by Gasteiger charge is -2.07. The minimum atomic E-state index is -3.93. The van der Waals surface area contributed by atoms with Crippen LogP contribution in [0.2, 0.25) is 0 Å². The van der Waals surface area contributed by atoms with Crippen molar-refractivity contribution in [2.24, 2.45) is 0 Å². The first-order valence-corrected chi connectivity index (χ1v) is 11.5. The number of aromatic nitrogens is 1.